The largest absolute Gasteiger partial charge is 0.480 e. The van der Waals surface area contributed by atoms with Crippen molar-refractivity contribution in [3.8, 4) is 11.5 Å². The molecule has 6 aliphatic heterocycles. The summed E-state index contributed by atoms with van der Waals surface area (Å²) in [5.74, 6) is 1.25. The Balaban J connectivity index is 0.731. The molecule has 10 N–H and O–H groups in total. The second-order valence-corrected chi connectivity index (χ2v) is 25.3. The molecular weight excluding hydrogens is 1100 g/mol. The number of nitrogens with zero attached hydrogens (tertiary/aromatic N) is 7. The highest BCUT2D eigenvalue weighted by molar-refractivity contribution is 7.70. The Morgan fingerprint density at radius 3 is 2.44 bits per heavy atom. The minimum atomic E-state index is -5.62. The summed E-state index contributed by atoms with van der Waals surface area (Å²) in [7, 11) is -14.9. The maximum atomic E-state index is 14.7. The number of imidazole rings is 1. The van der Waals surface area contributed by atoms with E-state index in [1.54, 1.807) is 11.9 Å². The number of benzene rings is 3. The molecule has 0 spiro atoms. The van der Waals surface area contributed by atoms with Gasteiger partial charge in [0.25, 0.3) is 5.91 Å². The Bertz CT molecular complexity index is 3610. The number of nitrogen functional groups attached to an aromatic ring is 1. The number of carbonyl (C=O) groups excluding carboxylic acids is 3. The molecule has 2 aromatic heterocycles. The molecule has 3 amide bonds. The first-order chi connectivity index (χ1) is 38.2. The molecule has 1 fully saturated rings. The molecular formula is C50H61N11O16P3+. The lowest BCUT2D eigenvalue weighted by Gasteiger charge is -2.39. The quantitative estimate of drug-likeness (QED) is 0.0336. The zero-order valence-corrected chi connectivity index (χ0v) is 46.1. The van der Waals surface area contributed by atoms with Crippen molar-refractivity contribution in [3.05, 3.63) is 98.6 Å². The van der Waals surface area contributed by atoms with Crippen LogP contribution in [0.3, 0.4) is 0 Å². The summed E-state index contributed by atoms with van der Waals surface area (Å²) < 4.78 is 66.8. The van der Waals surface area contributed by atoms with Crippen molar-refractivity contribution in [2.24, 2.45) is 0 Å². The van der Waals surface area contributed by atoms with Gasteiger partial charge >= 0.3 is 29.4 Å². The van der Waals surface area contributed by atoms with Gasteiger partial charge in [0.2, 0.25) is 11.3 Å². The number of anilines is 2. The summed E-state index contributed by atoms with van der Waals surface area (Å²) in [6.07, 6.45) is 3.10. The van der Waals surface area contributed by atoms with Crippen LogP contribution >= 0.6 is 23.3 Å². The SMILES string of the molecule is CN(CCCC(=O)NCCNC(=O)O[C@@H]1[C@H](O)[C@@H](COP(=O)(O)OP(=O)(O)NP(=O)(O)O)O[C@H]1n1cnc2c(N)ncnc21)C(=O)c1ccccc1C1=c2cc3c4c(c2Oc2c1cc1c5c2CCCN5CCC1)CCC[N+]=4CCC3. The molecule has 5 aromatic rings. The molecule has 0 aliphatic carbocycles. The summed E-state index contributed by atoms with van der Waals surface area (Å²) in [4.78, 5) is 95.8. The van der Waals surface area contributed by atoms with E-state index in [2.05, 4.69) is 51.5 Å². The fourth-order valence-electron chi connectivity index (χ4n) is 11.9. The Kier molecular flexibility index (Phi) is 15.5. The molecule has 8 heterocycles. The van der Waals surface area contributed by atoms with Gasteiger partial charge in [-0.1, -0.05) is 18.2 Å². The number of alkyl carbamates (subject to hydrolysis) is 1. The third-order valence-corrected chi connectivity index (χ3v) is 19.4. The lowest BCUT2D eigenvalue weighted by Crippen LogP contribution is -2.45. The highest BCUT2D eigenvalue weighted by Gasteiger charge is 2.50. The molecule has 3 aromatic carbocycles. The van der Waals surface area contributed by atoms with E-state index in [4.69, 9.17) is 34.3 Å². The smallest absolute Gasteiger partial charge is 0.455 e. The van der Waals surface area contributed by atoms with Crippen LogP contribution in [0.1, 0.15) is 88.5 Å². The number of nitrogens with two attached hydrogens (primary N) is 1. The Morgan fingerprint density at radius 1 is 0.900 bits per heavy atom. The summed E-state index contributed by atoms with van der Waals surface area (Å²) in [5.41, 5.74) is 16.0. The average molecular weight is 1170 g/mol. The van der Waals surface area contributed by atoms with Crippen LogP contribution in [0.5, 0.6) is 11.5 Å². The molecule has 6 aliphatic rings. The number of aryl methyl sites for hydroxylation is 2. The molecule has 1 saturated heterocycles. The zero-order chi connectivity index (χ0) is 56.3. The van der Waals surface area contributed by atoms with Gasteiger partial charge in [0, 0.05) is 97.8 Å². The number of ether oxygens (including phenoxy) is 3. The third kappa shape index (κ3) is 11.3. The first-order valence-corrected chi connectivity index (χ1v) is 31.0. The van der Waals surface area contributed by atoms with Gasteiger partial charge in [-0.2, -0.15) is 4.31 Å². The number of phosphoric ester groups is 1. The minimum absolute atomic E-state index is 0.0268. The molecule has 0 radical (unpaired) electrons. The van der Waals surface area contributed by atoms with Gasteiger partial charge in [-0.15, -0.1) is 4.86 Å². The van der Waals surface area contributed by atoms with E-state index in [-0.39, 0.29) is 54.9 Å². The fourth-order valence-corrected chi connectivity index (χ4v) is 15.3. The van der Waals surface area contributed by atoms with Gasteiger partial charge in [0.05, 0.1) is 18.5 Å². The number of carbonyl (C=O) groups is 3. The van der Waals surface area contributed by atoms with E-state index in [1.807, 2.05) is 24.3 Å². The fraction of sp³-hybridized carbons (Fsp3) is 0.460. The summed E-state index contributed by atoms with van der Waals surface area (Å²) in [5, 5.41) is 18.8. The van der Waals surface area contributed by atoms with Crippen molar-refractivity contribution in [3.63, 3.8) is 0 Å². The summed E-state index contributed by atoms with van der Waals surface area (Å²) in [6, 6.07) is 12.4. The van der Waals surface area contributed by atoms with Crippen molar-refractivity contribution >= 4 is 69.5 Å². The van der Waals surface area contributed by atoms with E-state index in [1.165, 1.54) is 44.2 Å². The average Bonchev–Trinajstić information content (AvgIpc) is 2.29. The zero-order valence-electron chi connectivity index (χ0n) is 43.4. The second-order valence-electron chi connectivity index (χ2n) is 20.5. The van der Waals surface area contributed by atoms with Crippen molar-refractivity contribution in [2.45, 2.75) is 88.7 Å². The number of aliphatic hydroxyl groups is 1. The maximum absolute atomic E-state index is 14.7. The summed E-state index contributed by atoms with van der Waals surface area (Å²) in [6.45, 7) is 3.14. The van der Waals surface area contributed by atoms with Gasteiger partial charge in [-0.25, -0.2) is 38.0 Å². The Hall–Kier alpha value is -6.18. The van der Waals surface area contributed by atoms with E-state index in [9.17, 15) is 43.0 Å². The highest BCUT2D eigenvalue weighted by atomic mass is 31.3. The lowest BCUT2D eigenvalue weighted by atomic mass is 9.81. The van der Waals surface area contributed by atoms with Gasteiger partial charge in [-0.3, -0.25) is 18.7 Å². The molecule has 11 rings (SSSR count). The highest BCUT2D eigenvalue weighted by Crippen LogP contribution is 2.61. The molecule has 80 heavy (non-hydrogen) atoms. The third-order valence-electron chi connectivity index (χ3n) is 15.2. The number of nitrogens with one attached hydrogen (secondary N) is 3. The molecule has 426 valence electrons. The number of phosphoric acid groups is 1. The monoisotopic (exact) mass is 1160 g/mol. The molecule has 0 bridgehead atoms. The molecule has 30 heteroatoms. The first-order valence-electron chi connectivity index (χ1n) is 26.4. The van der Waals surface area contributed by atoms with Crippen LogP contribution in [0, 0.1) is 0 Å². The van der Waals surface area contributed by atoms with Gasteiger partial charge in [0.15, 0.2) is 23.8 Å². The van der Waals surface area contributed by atoms with Crippen molar-refractivity contribution in [1.29, 1.82) is 0 Å². The van der Waals surface area contributed by atoms with E-state index in [0.717, 1.165) is 122 Å². The summed E-state index contributed by atoms with van der Waals surface area (Å²) >= 11 is 0. The molecule has 6 atom stereocenters. The predicted molar refractivity (Wildman–Crippen MR) is 286 cm³/mol. The van der Waals surface area contributed by atoms with Crippen LogP contribution < -0.4 is 46.0 Å². The number of rotatable bonds is 18. The van der Waals surface area contributed by atoms with Crippen LogP contribution in [-0.4, -0.2) is 145 Å². The van der Waals surface area contributed by atoms with Crippen LogP contribution in [0.4, 0.5) is 16.3 Å². The van der Waals surface area contributed by atoms with Crippen molar-refractivity contribution in [1.82, 2.24) is 44.5 Å². The van der Waals surface area contributed by atoms with Crippen molar-refractivity contribution in [2.75, 3.05) is 70.1 Å². The van der Waals surface area contributed by atoms with E-state index in [0.29, 0.717) is 12.0 Å². The molecule has 2 unspecified atom stereocenters. The van der Waals surface area contributed by atoms with Crippen molar-refractivity contribution < 1.29 is 75.8 Å². The van der Waals surface area contributed by atoms with Crippen LogP contribution in [0.15, 0.2) is 49.1 Å². The Morgan fingerprint density at radius 2 is 1.64 bits per heavy atom. The second kappa shape index (κ2) is 22.3. The number of hydrogen-bond donors (Lipinski definition) is 9. The number of aliphatic hydroxyl groups excluding tert-OH is 1. The molecule has 27 nitrogen and oxygen atoms in total. The minimum Gasteiger partial charge on any atom is -0.455 e. The topological polar surface area (TPSA) is 365 Å². The van der Waals surface area contributed by atoms with Gasteiger partial charge in [0.1, 0.15) is 48.6 Å². The van der Waals surface area contributed by atoms with Crippen LogP contribution in [-0.2, 0) is 62.5 Å². The standard InChI is InChI=1S/C50H60N11O16P3/c1-58(48(64)31-12-3-2-11-30(31)38-34-23-28-9-4-19-59-21-6-13-32(40(28)59)43(34)75-44-33-14-7-22-60-20-5-10-29(41(33)60)24-35(38)44)18-8-15-37(62)52-16-17-53-50(65)76-45-42(63)36(25-73-80(71,72)77-79(69,70)57-78(66,67)68)74-49(45)61-27-56-39-46(51)54-26-55-47(39)61/h2-3,11-12,23-24,26-27,36,42,45,49,63H,4-10,13-22,25H2,1H3,(H8-,51,52,53,54,55,57,62,65,66,67,68,69,70,71,72)/p+1/t36-,42-,45-,49-/m1/s1. The van der Waals surface area contributed by atoms with E-state index < -0.39 is 60.6 Å². The van der Waals surface area contributed by atoms with Crippen LogP contribution in [0.2, 0.25) is 0 Å². The van der Waals surface area contributed by atoms with Crippen LogP contribution in [0.25, 0.3) is 16.7 Å². The Labute approximate surface area is 457 Å². The number of fused-ring (bicyclic) bond motifs is 5. The van der Waals surface area contributed by atoms with Gasteiger partial charge in [-0.05, 0) is 74.3 Å². The van der Waals surface area contributed by atoms with Gasteiger partial charge < -0.3 is 65.1 Å². The first kappa shape index (κ1) is 55.7. The molecule has 0 saturated carbocycles. The number of hydrogen-bond acceptors (Lipinski definition) is 17. The number of amides is 3. The van der Waals surface area contributed by atoms with E-state index >= 15 is 0 Å². The predicted octanol–water partition coefficient (Wildman–Crippen LogP) is 1.78. The lowest BCUT2D eigenvalue weighted by molar-refractivity contribution is -0.121. The maximum Gasteiger partial charge on any atom is 0.480 e. The normalized spacial score (nSPS) is 21.5. The number of aromatic nitrogens is 4.